The Labute approximate surface area is 202 Å². The van der Waals surface area contributed by atoms with Crippen LogP contribution in [0.4, 0.5) is 11.6 Å². The predicted molar refractivity (Wildman–Crippen MR) is 130 cm³/mol. The highest BCUT2D eigenvalue weighted by Gasteiger charge is 2.19. The summed E-state index contributed by atoms with van der Waals surface area (Å²) in [6.07, 6.45) is 5.91. The number of hydrogen-bond acceptors (Lipinski definition) is 7. The van der Waals surface area contributed by atoms with Crippen molar-refractivity contribution < 1.29 is 18.4 Å². The average Bonchev–Trinajstić information content (AvgIpc) is 3.33. The van der Waals surface area contributed by atoms with E-state index in [9.17, 15) is 18.4 Å². The molecule has 1 aliphatic carbocycles. The van der Waals surface area contributed by atoms with E-state index in [2.05, 4.69) is 26.8 Å². The molecule has 3 N–H and O–H groups in total. The van der Waals surface area contributed by atoms with Gasteiger partial charge >= 0.3 is 0 Å². The monoisotopic (exact) mass is 491 g/mol. The van der Waals surface area contributed by atoms with Crippen molar-refractivity contribution in [3.63, 3.8) is 0 Å². The molecule has 4 aromatic rings. The van der Waals surface area contributed by atoms with E-state index in [4.69, 9.17) is 4.84 Å². The van der Waals surface area contributed by atoms with Gasteiger partial charge in [-0.2, -0.15) is 4.98 Å². The summed E-state index contributed by atoms with van der Waals surface area (Å²) in [5.41, 5.74) is 5.79. The first-order chi connectivity index (χ1) is 16.9. The first kappa shape index (κ1) is 22.8. The van der Waals surface area contributed by atoms with Gasteiger partial charge in [0.2, 0.25) is 11.4 Å². The molecule has 1 unspecified atom stereocenters. The van der Waals surface area contributed by atoms with Gasteiger partial charge in [0.25, 0.3) is 5.91 Å². The number of fused-ring (bicyclic) bond motifs is 2. The van der Waals surface area contributed by atoms with Crippen molar-refractivity contribution in [1.29, 1.82) is 0 Å². The molecule has 0 saturated heterocycles. The zero-order valence-electron chi connectivity index (χ0n) is 18.6. The number of anilines is 2. The molecular formula is C24H21N5O5S. The second-order valence-electron chi connectivity index (χ2n) is 8.01. The fourth-order valence-electron chi connectivity index (χ4n) is 4.17. The van der Waals surface area contributed by atoms with Crippen LogP contribution in [0.2, 0.25) is 0 Å². The van der Waals surface area contributed by atoms with Gasteiger partial charge in [-0.1, -0.05) is 6.07 Å². The number of hydroxylamine groups is 1. The predicted octanol–water partition coefficient (Wildman–Crippen LogP) is 2.88. The van der Waals surface area contributed by atoms with E-state index in [0.29, 0.717) is 11.3 Å². The van der Waals surface area contributed by atoms with Crippen molar-refractivity contribution in [3.8, 4) is 5.69 Å². The molecule has 0 fully saturated rings. The molecule has 0 aliphatic heterocycles. The normalized spacial score (nSPS) is 13.4. The van der Waals surface area contributed by atoms with Gasteiger partial charge in [-0.25, -0.2) is 14.7 Å². The number of aromatic nitrogens is 3. The highest BCUT2D eigenvalue weighted by molar-refractivity contribution is 7.79. The van der Waals surface area contributed by atoms with Crippen LogP contribution in [0.1, 0.15) is 27.9 Å². The standard InChI is InChI=1S/C24H21N5O5S/c1-34-28-23(31)20-13-29(17-8-5-14-3-2-4-15(14)11-17)22-19(21(20)30)12-25-24(27-22)26-16-6-9-18(10-7-16)35(32)33/h5-13H,2-4H2,1H3,(H,28,31)(H,32,33)(H,25,26,27). The molecule has 0 spiro atoms. The number of aryl methyl sites for hydroxylation is 2. The van der Waals surface area contributed by atoms with E-state index >= 15 is 0 Å². The minimum Gasteiger partial charge on any atom is -0.324 e. The molecule has 1 atom stereocenters. The van der Waals surface area contributed by atoms with Crippen molar-refractivity contribution in [3.05, 3.63) is 81.8 Å². The molecule has 35 heavy (non-hydrogen) atoms. The van der Waals surface area contributed by atoms with Gasteiger partial charge in [-0.05, 0) is 66.8 Å². The third-order valence-electron chi connectivity index (χ3n) is 5.86. The van der Waals surface area contributed by atoms with Crippen LogP contribution in [0.25, 0.3) is 16.7 Å². The van der Waals surface area contributed by atoms with Crippen molar-refractivity contribution in [2.24, 2.45) is 0 Å². The van der Waals surface area contributed by atoms with Crippen LogP contribution in [-0.2, 0) is 28.8 Å². The van der Waals surface area contributed by atoms with Gasteiger partial charge in [0.15, 0.2) is 16.7 Å². The van der Waals surface area contributed by atoms with Crippen LogP contribution < -0.4 is 16.2 Å². The van der Waals surface area contributed by atoms with Crippen LogP contribution >= 0.6 is 0 Å². The highest BCUT2D eigenvalue weighted by Crippen LogP contribution is 2.26. The third-order valence-corrected chi connectivity index (χ3v) is 6.53. The summed E-state index contributed by atoms with van der Waals surface area (Å²) in [6, 6.07) is 12.3. The molecule has 11 heteroatoms. The summed E-state index contributed by atoms with van der Waals surface area (Å²) in [7, 11) is 1.30. The second-order valence-corrected chi connectivity index (χ2v) is 8.98. The van der Waals surface area contributed by atoms with E-state index in [-0.39, 0.29) is 21.8 Å². The van der Waals surface area contributed by atoms with Crippen LogP contribution in [0.5, 0.6) is 0 Å². The number of carbonyl (C=O) groups excluding carboxylic acids is 1. The number of nitrogens with zero attached hydrogens (tertiary/aromatic N) is 3. The first-order valence-corrected chi connectivity index (χ1v) is 11.9. The van der Waals surface area contributed by atoms with Gasteiger partial charge in [-0.15, -0.1) is 0 Å². The topological polar surface area (TPSA) is 135 Å². The van der Waals surface area contributed by atoms with Gasteiger partial charge < -0.3 is 14.4 Å². The molecule has 2 aromatic carbocycles. The summed E-state index contributed by atoms with van der Waals surface area (Å²) in [5, 5.41) is 3.21. The van der Waals surface area contributed by atoms with Crippen molar-refractivity contribution in [2.45, 2.75) is 24.2 Å². The van der Waals surface area contributed by atoms with Crippen molar-refractivity contribution in [1.82, 2.24) is 20.0 Å². The Balaban J connectivity index is 1.64. The molecular weight excluding hydrogens is 470 g/mol. The summed E-state index contributed by atoms with van der Waals surface area (Å²) in [5.74, 6) is -0.448. The molecule has 0 radical (unpaired) electrons. The van der Waals surface area contributed by atoms with E-state index in [1.807, 2.05) is 12.1 Å². The third kappa shape index (κ3) is 4.44. The van der Waals surface area contributed by atoms with Gasteiger partial charge in [0, 0.05) is 23.8 Å². The maximum atomic E-state index is 13.1. The van der Waals surface area contributed by atoms with E-state index < -0.39 is 22.4 Å². The zero-order chi connectivity index (χ0) is 24.5. The summed E-state index contributed by atoms with van der Waals surface area (Å²) in [4.78, 5) is 39.4. The summed E-state index contributed by atoms with van der Waals surface area (Å²) < 4.78 is 22.1. The fraction of sp³-hybridized carbons (Fsp3) is 0.167. The molecule has 0 bridgehead atoms. The minimum absolute atomic E-state index is 0.100. The Bertz CT molecular complexity index is 1530. The van der Waals surface area contributed by atoms with Crippen LogP contribution in [0, 0.1) is 0 Å². The molecule has 10 nitrogen and oxygen atoms in total. The SMILES string of the molecule is CONC(=O)c1cn(-c2ccc3c(c2)CCC3)c2nc(Nc3ccc(S(=O)O)cc3)ncc2c1=O. The number of carbonyl (C=O) groups is 1. The van der Waals surface area contributed by atoms with Gasteiger partial charge in [0.05, 0.1) is 17.4 Å². The molecule has 178 valence electrons. The van der Waals surface area contributed by atoms with Crippen molar-refractivity contribution in [2.75, 3.05) is 12.4 Å². The fourth-order valence-corrected chi connectivity index (χ4v) is 4.54. The molecule has 2 heterocycles. The number of benzene rings is 2. The molecule has 1 amide bonds. The van der Waals surface area contributed by atoms with E-state index in [0.717, 1.165) is 24.9 Å². The first-order valence-electron chi connectivity index (χ1n) is 10.8. The number of amides is 1. The minimum atomic E-state index is -2.08. The van der Waals surface area contributed by atoms with Crippen LogP contribution in [0.15, 0.2) is 64.5 Å². The number of rotatable bonds is 6. The molecule has 5 rings (SSSR count). The Morgan fingerprint density at radius 3 is 2.66 bits per heavy atom. The summed E-state index contributed by atoms with van der Waals surface area (Å²) >= 11 is -2.08. The average molecular weight is 492 g/mol. The second kappa shape index (κ2) is 9.37. The Hall–Kier alpha value is -3.93. The van der Waals surface area contributed by atoms with E-state index in [1.54, 1.807) is 16.7 Å². The maximum Gasteiger partial charge on any atom is 0.280 e. The lowest BCUT2D eigenvalue weighted by Gasteiger charge is -2.15. The highest BCUT2D eigenvalue weighted by atomic mass is 32.2. The Morgan fingerprint density at radius 1 is 1.14 bits per heavy atom. The van der Waals surface area contributed by atoms with E-state index in [1.165, 1.54) is 42.8 Å². The number of hydrogen-bond donors (Lipinski definition) is 3. The van der Waals surface area contributed by atoms with Crippen molar-refractivity contribution >= 4 is 39.7 Å². The summed E-state index contributed by atoms with van der Waals surface area (Å²) in [6.45, 7) is 0. The van der Waals surface area contributed by atoms with Crippen LogP contribution in [-0.4, -0.2) is 36.3 Å². The zero-order valence-corrected chi connectivity index (χ0v) is 19.5. The van der Waals surface area contributed by atoms with Gasteiger partial charge in [-0.3, -0.25) is 14.4 Å². The largest absolute Gasteiger partial charge is 0.324 e. The molecule has 2 aromatic heterocycles. The lowest BCUT2D eigenvalue weighted by atomic mass is 10.1. The Morgan fingerprint density at radius 2 is 1.91 bits per heavy atom. The Kier molecular flexibility index (Phi) is 6.12. The maximum absolute atomic E-state index is 13.1. The van der Waals surface area contributed by atoms with Gasteiger partial charge in [0.1, 0.15) is 5.56 Å². The number of nitrogens with one attached hydrogen (secondary N) is 2. The molecule has 1 aliphatic rings. The lowest BCUT2D eigenvalue weighted by Crippen LogP contribution is -2.29. The lowest BCUT2D eigenvalue weighted by molar-refractivity contribution is 0.0536. The quantitative estimate of drug-likeness (QED) is 0.277. The van der Waals surface area contributed by atoms with Crippen LogP contribution in [0.3, 0.4) is 0 Å². The number of pyridine rings is 1. The molecule has 0 saturated carbocycles. The smallest absolute Gasteiger partial charge is 0.280 e.